The van der Waals surface area contributed by atoms with Gasteiger partial charge in [0.25, 0.3) is 0 Å². The van der Waals surface area contributed by atoms with E-state index in [1.165, 1.54) is 13.2 Å². The maximum Gasteiger partial charge on any atom is 0.178 e. The van der Waals surface area contributed by atoms with Crippen LogP contribution in [0, 0.1) is 10.6 Å². The highest BCUT2D eigenvalue weighted by atomic mass is 32.1. The largest absolute Gasteiger partial charge is 0.494 e. The molecular formula is C12H13FN2OS. The molecule has 0 aliphatic heterocycles. The Morgan fingerprint density at radius 3 is 2.76 bits per heavy atom. The Balaban J connectivity index is 2.35. The smallest absolute Gasteiger partial charge is 0.178 e. The molecule has 1 saturated carbocycles. The number of aromatic amines is 1. The molecule has 17 heavy (non-hydrogen) atoms. The highest BCUT2D eigenvalue weighted by Crippen LogP contribution is 2.45. The molecule has 1 aliphatic carbocycles. The number of fused-ring (bicyclic) bond motifs is 1. The topological polar surface area (TPSA) is 29.9 Å². The van der Waals surface area contributed by atoms with Gasteiger partial charge in [0.05, 0.1) is 18.1 Å². The lowest BCUT2D eigenvalue weighted by Crippen LogP contribution is -2.11. The number of halogens is 1. The molecule has 0 amide bonds. The van der Waals surface area contributed by atoms with Crippen molar-refractivity contribution < 1.29 is 9.13 Å². The molecule has 0 spiro atoms. The zero-order valence-electron chi connectivity index (χ0n) is 9.71. The number of methoxy groups -OCH3 is 1. The first kappa shape index (κ1) is 10.8. The van der Waals surface area contributed by atoms with Gasteiger partial charge in [-0.2, -0.15) is 0 Å². The van der Waals surface area contributed by atoms with Crippen LogP contribution in [0.5, 0.6) is 5.75 Å². The quantitative estimate of drug-likeness (QED) is 0.831. The Kier molecular flexibility index (Phi) is 2.10. The second-order valence-electron chi connectivity index (χ2n) is 4.77. The third-order valence-corrected chi connectivity index (χ3v) is 3.75. The third-order valence-electron chi connectivity index (χ3n) is 3.47. The molecular weight excluding hydrogens is 239 g/mol. The molecule has 1 N–H and O–H groups in total. The van der Waals surface area contributed by atoms with Crippen molar-refractivity contribution in [3.63, 3.8) is 0 Å². The molecule has 1 aromatic heterocycles. The van der Waals surface area contributed by atoms with Crippen molar-refractivity contribution in [3.8, 4) is 5.75 Å². The summed E-state index contributed by atoms with van der Waals surface area (Å²) >= 11 is 5.31. The van der Waals surface area contributed by atoms with E-state index in [1.807, 2.05) is 0 Å². The molecule has 0 saturated heterocycles. The average molecular weight is 252 g/mol. The minimum Gasteiger partial charge on any atom is -0.494 e. The molecule has 2 aromatic rings. The molecule has 0 radical (unpaired) electrons. The van der Waals surface area contributed by atoms with Crippen LogP contribution in [0.4, 0.5) is 4.39 Å². The summed E-state index contributed by atoms with van der Waals surface area (Å²) in [6.45, 7) is 2.16. The van der Waals surface area contributed by atoms with E-state index < -0.39 is 0 Å². The number of hydrogen-bond donors (Lipinski definition) is 1. The summed E-state index contributed by atoms with van der Waals surface area (Å²) in [5.41, 5.74) is 1.72. The van der Waals surface area contributed by atoms with Gasteiger partial charge in [0.1, 0.15) is 0 Å². The van der Waals surface area contributed by atoms with E-state index in [0.29, 0.717) is 4.77 Å². The molecule has 3 rings (SSSR count). The zero-order chi connectivity index (χ0) is 12.2. The lowest BCUT2D eigenvalue weighted by molar-refractivity contribution is 0.387. The van der Waals surface area contributed by atoms with Crippen molar-refractivity contribution in [2.75, 3.05) is 7.11 Å². The van der Waals surface area contributed by atoms with E-state index in [0.717, 1.165) is 23.9 Å². The minimum atomic E-state index is -0.371. The molecule has 1 aromatic carbocycles. The van der Waals surface area contributed by atoms with Crippen LogP contribution in [0.2, 0.25) is 0 Å². The molecule has 0 bridgehead atoms. The first-order valence-electron chi connectivity index (χ1n) is 5.54. The summed E-state index contributed by atoms with van der Waals surface area (Å²) in [7, 11) is 1.47. The summed E-state index contributed by atoms with van der Waals surface area (Å²) in [5.74, 6) is -0.117. The molecule has 3 nitrogen and oxygen atoms in total. The lowest BCUT2D eigenvalue weighted by Gasteiger charge is -2.12. The van der Waals surface area contributed by atoms with Crippen molar-refractivity contribution >= 4 is 23.3 Å². The van der Waals surface area contributed by atoms with Crippen LogP contribution in [0.1, 0.15) is 19.8 Å². The molecule has 1 fully saturated rings. The number of nitrogens with zero attached hydrogens (tertiary/aromatic N) is 1. The van der Waals surface area contributed by atoms with E-state index in [4.69, 9.17) is 17.0 Å². The molecule has 1 heterocycles. The first-order valence-corrected chi connectivity index (χ1v) is 5.95. The number of hydrogen-bond acceptors (Lipinski definition) is 2. The Bertz CT molecular complexity index is 654. The van der Waals surface area contributed by atoms with E-state index >= 15 is 0 Å². The maximum atomic E-state index is 13.6. The van der Waals surface area contributed by atoms with Gasteiger partial charge in [-0.15, -0.1) is 0 Å². The fourth-order valence-corrected chi connectivity index (χ4v) is 2.63. The number of rotatable bonds is 2. The summed E-state index contributed by atoms with van der Waals surface area (Å²) in [4.78, 5) is 3.05. The molecule has 5 heteroatoms. The van der Waals surface area contributed by atoms with E-state index in [9.17, 15) is 4.39 Å². The van der Waals surface area contributed by atoms with Gasteiger partial charge in [0.15, 0.2) is 16.3 Å². The van der Waals surface area contributed by atoms with Crippen molar-refractivity contribution in [1.82, 2.24) is 9.55 Å². The van der Waals surface area contributed by atoms with Crippen LogP contribution >= 0.6 is 12.2 Å². The predicted molar refractivity (Wildman–Crippen MR) is 66.5 cm³/mol. The number of H-pyrrole nitrogens is 1. The summed E-state index contributed by atoms with van der Waals surface area (Å²) in [6.07, 6.45) is 2.21. The van der Waals surface area contributed by atoms with Crippen LogP contribution in [-0.4, -0.2) is 16.7 Å². The Morgan fingerprint density at radius 1 is 1.47 bits per heavy atom. The van der Waals surface area contributed by atoms with E-state index in [-0.39, 0.29) is 17.1 Å². The van der Waals surface area contributed by atoms with Crippen LogP contribution < -0.4 is 4.74 Å². The van der Waals surface area contributed by atoms with Gasteiger partial charge in [0.2, 0.25) is 0 Å². The number of ether oxygens (including phenoxy) is 1. The first-order chi connectivity index (χ1) is 8.05. The van der Waals surface area contributed by atoms with Crippen LogP contribution in [0.3, 0.4) is 0 Å². The molecule has 0 atom stereocenters. The second-order valence-corrected chi connectivity index (χ2v) is 5.15. The van der Waals surface area contributed by atoms with Crippen molar-refractivity contribution in [2.24, 2.45) is 0 Å². The SMILES string of the molecule is COc1cc2c(cc1F)[nH]c(=S)n2C1(C)CC1. The minimum absolute atomic E-state index is 0.0815. The Labute approximate surface area is 103 Å². The summed E-state index contributed by atoms with van der Waals surface area (Å²) in [6, 6.07) is 3.15. The Hall–Kier alpha value is -1.36. The van der Waals surface area contributed by atoms with Gasteiger partial charge in [-0.1, -0.05) is 0 Å². The van der Waals surface area contributed by atoms with Gasteiger partial charge in [0, 0.05) is 17.7 Å². The Morgan fingerprint density at radius 2 is 2.18 bits per heavy atom. The highest BCUT2D eigenvalue weighted by Gasteiger charge is 2.41. The van der Waals surface area contributed by atoms with Crippen molar-refractivity contribution in [1.29, 1.82) is 0 Å². The number of benzene rings is 1. The zero-order valence-corrected chi connectivity index (χ0v) is 10.5. The fraction of sp³-hybridized carbons (Fsp3) is 0.417. The molecule has 0 unspecified atom stereocenters. The fourth-order valence-electron chi connectivity index (χ4n) is 2.21. The average Bonchev–Trinajstić information content (AvgIpc) is 2.91. The van der Waals surface area contributed by atoms with Crippen molar-refractivity contribution in [2.45, 2.75) is 25.3 Å². The standard InChI is InChI=1S/C12H13FN2OS/c1-12(3-4-12)15-9-6-10(16-2)7(13)5-8(9)14-11(15)17/h5-6H,3-4H2,1-2H3,(H,14,17). The van der Waals surface area contributed by atoms with E-state index in [1.54, 1.807) is 6.07 Å². The second kappa shape index (κ2) is 3.32. The predicted octanol–water partition coefficient (Wildman–Crippen LogP) is 3.36. The monoisotopic (exact) mass is 252 g/mol. The number of nitrogens with one attached hydrogen (secondary N) is 1. The van der Waals surface area contributed by atoms with Gasteiger partial charge in [-0.25, -0.2) is 4.39 Å². The maximum absolute atomic E-state index is 13.6. The molecule has 1 aliphatic rings. The highest BCUT2D eigenvalue weighted by molar-refractivity contribution is 7.71. The molecule has 90 valence electrons. The summed E-state index contributed by atoms with van der Waals surface area (Å²) in [5, 5.41) is 0. The van der Waals surface area contributed by atoms with Gasteiger partial charge >= 0.3 is 0 Å². The van der Waals surface area contributed by atoms with Crippen LogP contribution in [-0.2, 0) is 5.54 Å². The third kappa shape index (κ3) is 1.49. The number of imidazole rings is 1. The van der Waals surface area contributed by atoms with Crippen molar-refractivity contribution in [3.05, 3.63) is 22.7 Å². The van der Waals surface area contributed by atoms with Gasteiger partial charge in [-0.05, 0) is 32.0 Å². The lowest BCUT2D eigenvalue weighted by atomic mass is 10.2. The summed E-state index contributed by atoms with van der Waals surface area (Å²) < 4.78 is 21.3. The van der Waals surface area contributed by atoms with Crippen LogP contribution in [0.15, 0.2) is 12.1 Å². The van der Waals surface area contributed by atoms with E-state index in [2.05, 4.69) is 16.5 Å². The normalized spacial score (nSPS) is 17.4. The van der Waals surface area contributed by atoms with Gasteiger partial charge in [-0.3, -0.25) is 0 Å². The number of aromatic nitrogens is 2. The van der Waals surface area contributed by atoms with Crippen LogP contribution in [0.25, 0.3) is 11.0 Å². The van der Waals surface area contributed by atoms with Gasteiger partial charge < -0.3 is 14.3 Å².